The summed E-state index contributed by atoms with van der Waals surface area (Å²) in [4.78, 5) is 17.3. The maximum absolute atomic E-state index is 12.6. The zero-order valence-corrected chi connectivity index (χ0v) is 15.0. The van der Waals surface area contributed by atoms with Crippen molar-refractivity contribution in [3.05, 3.63) is 96.2 Å². The number of carbonyl (C=O) groups excluding carboxylic acids is 1. The van der Waals surface area contributed by atoms with Gasteiger partial charge in [0.05, 0.1) is 0 Å². The standard InChI is InChI=1S/C23H19N3O/c1-17-12-14-20-24-22(19-10-6-3-7-11-19)23(26(20)16-17)25-21(27)15-13-18-8-4-2-5-9-18/h2-16H,1H3,(H,25,27). The summed E-state index contributed by atoms with van der Waals surface area (Å²) >= 11 is 0. The van der Waals surface area contributed by atoms with E-state index in [-0.39, 0.29) is 5.91 Å². The summed E-state index contributed by atoms with van der Waals surface area (Å²) < 4.78 is 1.92. The van der Waals surface area contributed by atoms with E-state index in [1.807, 2.05) is 90.3 Å². The van der Waals surface area contributed by atoms with Crippen molar-refractivity contribution in [1.29, 1.82) is 0 Å². The van der Waals surface area contributed by atoms with Crippen molar-refractivity contribution >= 4 is 23.4 Å². The number of benzene rings is 2. The normalized spacial score (nSPS) is 11.1. The molecule has 0 aliphatic carbocycles. The molecule has 0 saturated carbocycles. The predicted octanol–water partition coefficient (Wildman–Crippen LogP) is 4.96. The lowest BCUT2D eigenvalue weighted by molar-refractivity contribution is -0.111. The Kier molecular flexibility index (Phi) is 4.54. The van der Waals surface area contributed by atoms with Gasteiger partial charge in [0.1, 0.15) is 17.2 Å². The molecule has 2 aromatic heterocycles. The number of nitrogens with one attached hydrogen (secondary N) is 1. The first-order valence-electron chi connectivity index (χ1n) is 8.79. The molecule has 0 aliphatic heterocycles. The number of rotatable bonds is 4. The molecule has 1 amide bonds. The van der Waals surface area contributed by atoms with E-state index in [0.29, 0.717) is 5.82 Å². The highest BCUT2D eigenvalue weighted by Crippen LogP contribution is 2.29. The van der Waals surface area contributed by atoms with E-state index in [9.17, 15) is 4.79 Å². The number of imidazole rings is 1. The smallest absolute Gasteiger partial charge is 0.249 e. The number of carbonyl (C=O) groups is 1. The number of hydrogen-bond donors (Lipinski definition) is 1. The first-order chi connectivity index (χ1) is 13.2. The molecule has 4 nitrogen and oxygen atoms in total. The van der Waals surface area contributed by atoms with Crippen molar-refractivity contribution in [2.24, 2.45) is 0 Å². The van der Waals surface area contributed by atoms with Crippen molar-refractivity contribution in [3.8, 4) is 11.3 Å². The monoisotopic (exact) mass is 353 g/mol. The van der Waals surface area contributed by atoms with Crippen LogP contribution in [0, 0.1) is 6.92 Å². The Hall–Kier alpha value is -3.66. The second-order valence-corrected chi connectivity index (χ2v) is 6.34. The molecule has 0 spiro atoms. The molecule has 132 valence electrons. The summed E-state index contributed by atoms with van der Waals surface area (Å²) in [5.41, 5.74) is 4.57. The van der Waals surface area contributed by atoms with Gasteiger partial charge in [-0.05, 0) is 30.2 Å². The molecule has 0 atom stereocenters. The summed E-state index contributed by atoms with van der Waals surface area (Å²) in [7, 11) is 0. The Morgan fingerprint density at radius 2 is 1.67 bits per heavy atom. The van der Waals surface area contributed by atoms with Gasteiger partial charge in [0.25, 0.3) is 0 Å². The summed E-state index contributed by atoms with van der Waals surface area (Å²) in [6, 6.07) is 23.6. The zero-order valence-electron chi connectivity index (χ0n) is 15.0. The number of fused-ring (bicyclic) bond motifs is 1. The largest absolute Gasteiger partial charge is 0.306 e. The molecule has 0 saturated heterocycles. The van der Waals surface area contributed by atoms with Crippen LogP contribution in [0.2, 0.25) is 0 Å². The van der Waals surface area contributed by atoms with Crippen molar-refractivity contribution in [3.63, 3.8) is 0 Å². The molecular weight excluding hydrogens is 334 g/mol. The third-order valence-electron chi connectivity index (χ3n) is 4.28. The number of pyridine rings is 1. The molecule has 2 heterocycles. The molecule has 0 radical (unpaired) electrons. The lowest BCUT2D eigenvalue weighted by Crippen LogP contribution is -2.10. The van der Waals surface area contributed by atoms with E-state index in [1.165, 1.54) is 0 Å². The minimum absolute atomic E-state index is 0.195. The number of aryl methyl sites for hydroxylation is 1. The lowest BCUT2D eigenvalue weighted by Gasteiger charge is -2.06. The third kappa shape index (κ3) is 3.65. The van der Waals surface area contributed by atoms with Crippen LogP contribution in [0.3, 0.4) is 0 Å². The highest BCUT2D eigenvalue weighted by molar-refractivity contribution is 6.03. The summed E-state index contributed by atoms with van der Waals surface area (Å²) in [6.45, 7) is 2.02. The Morgan fingerprint density at radius 1 is 0.963 bits per heavy atom. The van der Waals surface area contributed by atoms with Gasteiger partial charge in [0.2, 0.25) is 5.91 Å². The van der Waals surface area contributed by atoms with Crippen LogP contribution < -0.4 is 5.32 Å². The highest BCUT2D eigenvalue weighted by atomic mass is 16.1. The minimum atomic E-state index is -0.195. The van der Waals surface area contributed by atoms with E-state index in [4.69, 9.17) is 4.98 Å². The predicted molar refractivity (Wildman–Crippen MR) is 109 cm³/mol. The second-order valence-electron chi connectivity index (χ2n) is 6.34. The molecule has 2 aromatic carbocycles. The first-order valence-corrected chi connectivity index (χ1v) is 8.79. The van der Waals surface area contributed by atoms with Crippen LogP contribution in [0.1, 0.15) is 11.1 Å². The molecule has 4 rings (SSSR count). The van der Waals surface area contributed by atoms with Gasteiger partial charge in [-0.15, -0.1) is 0 Å². The summed E-state index contributed by atoms with van der Waals surface area (Å²) in [5, 5.41) is 3.00. The topological polar surface area (TPSA) is 46.4 Å². The fourth-order valence-corrected chi connectivity index (χ4v) is 2.96. The van der Waals surface area contributed by atoms with Gasteiger partial charge in [-0.3, -0.25) is 9.20 Å². The van der Waals surface area contributed by atoms with Gasteiger partial charge >= 0.3 is 0 Å². The average Bonchev–Trinajstić information content (AvgIpc) is 3.05. The van der Waals surface area contributed by atoms with E-state index >= 15 is 0 Å². The maximum Gasteiger partial charge on any atom is 0.249 e. The first kappa shape index (κ1) is 16.8. The molecule has 0 unspecified atom stereocenters. The van der Waals surface area contributed by atoms with Crippen molar-refractivity contribution < 1.29 is 4.79 Å². The Morgan fingerprint density at radius 3 is 2.41 bits per heavy atom. The molecule has 27 heavy (non-hydrogen) atoms. The van der Waals surface area contributed by atoms with Gasteiger partial charge in [0.15, 0.2) is 0 Å². The van der Waals surface area contributed by atoms with Gasteiger partial charge in [-0.1, -0.05) is 66.7 Å². The fourth-order valence-electron chi connectivity index (χ4n) is 2.96. The minimum Gasteiger partial charge on any atom is -0.306 e. The third-order valence-corrected chi connectivity index (χ3v) is 4.28. The SMILES string of the molecule is Cc1ccc2nc(-c3ccccc3)c(NC(=O)C=Cc3ccccc3)n2c1. The van der Waals surface area contributed by atoms with Crippen LogP contribution in [-0.4, -0.2) is 15.3 Å². The van der Waals surface area contributed by atoms with Crippen LogP contribution in [0.4, 0.5) is 5.82 Å². The van der Waals surface area contributed by atoms with Gasteiger partial charge in [-0.2, -0.15) is 0 Å². The van der Waals surface area contributed by atoms with Crippen molar-refractivity contribution in [2.75, 3.05) is 5.32 Å². The Labute approximate surface area is 157 Å². The van der Waals surface area contributed by atoms with E-state index in [0.717, 1.165) is 28.0 Å². The van der Waals surface area contributed by atoms with Crippen LogP contribution in [-0.2, 0) is 4.79 Å². The van der Waals surface area contributed by atoms with Gasteiger partial charge in [-0.25, -0.2) is 4.98 Å². The van der Waals surface area contributed by atoms with E-state index in [2.05, 4.69) is 5.32 Å². The van der Waals surface area contributed by atoms with Crippen molar-refractivity contribution in [1.82, 2.24) is 9.38 Å². The van der Waals surface area contributed by atoms with Gasteiger partial charge in [0, 0.05) is 17.8 Å². The van der Waals surface area contributed by atoms with Crippen LogP contribution in [0.15, 0.2) is 85.1 Å². The number of amides is 1. The lowest BCUT2D eigenvalue weighted by atomic mass is 10.1. The Bertz CT molecular complexity index is 1110. The molecular formula is C23H19N3O. The number of anilines is 1. The summed E-state index contributed by atoms with van der Waals surface area (Å²) in [5.74, 6) is 0.474. The van der Waals surface area contributed by atoms with Crippen LogP contribution >= 0.6 is 0 Å². The van der Waals surface area contributed by atoms with Gasteiger partial charge < -0.3 is 5.32 Å². The van der Waals surface area contributed by atoms with E-state index in [1.54, 1.807) is 12.2 Å². The average molecular weight is 353 g/mol. The Balaban J connectivity index is 1.72. The molecule has 0 bridgehead atoms. The quantitative estimate of drug-likeness (QED) is 0.527. The molecule has 4 aromatic rings. The van der Waals surface area contributed by atoms with Crippen molar-refractivity contribution in [2.45, 2.75) is 6.92 Å². The molecule has 0 aliphatic rings. The molecule has 4 heteroatoms. The number of hydrogen-bond acceptors (Lipinski definition) is 2. The summed E-state index contributed by atoms with van der Waals surface area (Å²) in [6.07, 6.45) is 5.32. The zero-order chi connectivity index (χ0) is 18.6. The highest BCUT2D eigenvalue weighted by Gasteiger charge is 2.15. The van der Waals surface area contributed by atoms with Crippen LogP contribution in [0.5, 0.6) is 0 Å². The fraction of sp³-hybridized carbons (Fsp3) is 0.0435. The van der Waals surface area contributed by atoms with Crippen LogP contribution in [0.25, 0.3) is 23.0 Å². The molecule has 1 N–H and O–H groups in total. The second kappa shape index (κ2) is 7.30. The van der Waals surface area contributed by atoms with E-state index < -0.39 is 0 Å². The molecule has 0 fully saturated rings. The maximum atomic E-state index is 12.6. The number of aromatic nitrogens is 2. The number of nitrogens with zero attached hydrogens (tertiary/aromatic N) is 2.